The van der Waals surface area contributed by atoms with Crippen molar-refractivity contribution in [3.8, 4) is 11.3 Å². The number of hydrogen-bond acceptors (Lipinski definition) is 2. The molecule has 3 nitrogen and oxygen atoms in total. The molecule has 0 aliphatic heterocycles. The summed E-state index contributed by atoms with van der Waals surface area (Å²) in [6.45, 7) is 1.83. The summed E-state index contributed by atoms with van der Waals surface area (Å²) in [6.07, 6.45) is 0. The van der Waals surface area contributed by atoms with Crippen LogP contribution < -0.4 is 5.73 Å². The maximum absolute atomic E-state index is 13.3. The average Bonchev–Trinajstić information content (AvgIpc) is 2.74. The van der Waals surface area contributed by atoms with Crippen LogP contribution in [0.5, 0.6) is 0 Å². The summed E-state index contributed by atoms with van der Waals surface area (Å²) in [6, 6.07) is 7.12. The number of nitrogens with zero attached hydrogens (tertiary/aromatic N) is 2. The zero-order valence-electron chi connectivity index (χ0n) is 10.5. The van der Waals surface area contributed by atoms with Crippen molar-refractivity contribution >= 4 is 11.5 Å². The van der Waals surface area contributed by atoms with Gasteiger partial charge in [-0.15, -0.1) is 0 Å². The van der Waals surface area contributed by atoms with Crippen molar-refractivity contribution in [2.75, 3.05) is 5.73 Å². The van der Waals surface area contributed by atoms with Crippen LogP contribution in [0.4, 0.5) is 19.0 Å². The van der Waals surface area contributed by atoms with Crippen LogP contribution in [0.1, 0.15) is 5.69 Å². The van der Waals surface area contributed by atoms with Crippen molar-refractivity contribution < 1.29 is 13.2 Å². The number of anilines is 1. The SMILES string of the molecule is Cc1cccc2nc(-c3cc(F)c(F)c(F)c3)c(N)n12. The molecule has 1 aromatic carbocycles. The van der Waals surface area contributed by atoms with E-state index in [1.165, 1.54) is 0 Å². The van der Waals surface area contributed by atoms with Crippen LogP contribution in [0, 0.1) is 24.4 Å². The smallest absolute Gasteiger partial charge is 0.194 e. The number of nitrogens with two attached hydrogens (primary N) is 1. The minimum absolute atomic E-state index is 0.0991. The van der Waals surface area contributed by atoms with Crippen molar-refractivity contribution in [2.45, 2.75) is 6.92 Å². The monoisotopic (exact) mass is 277 g/mol. The van der Waals surface area contributed by atoms with Gasteiger partial charge in [-0.3, -0.25) is 4.40 Å². The first-order valence-corrected chi connectivity index (χ1v) is 5.87. The first-order valence-electron chi connectivity index (χ1n) is 5.87. The van der Waals surface area contributed by atoms with Gasteiger partial charge >= 0.3 is 0 Å². The molecule has 0 aliphatic carbocycles. The number of aryl methyl sites for hydroxylation is 1. The Labute approximate surface area is 112 Å². The Morgan fingerprint density at radius 2 is 1.75 bits per heavy atom. The summed E-state index contributed by atoms with van der Waals surface area (Å²) < 4.78 is 41.3. The van der Waals surface area contributed by atoms with E-state index in [-0.39, 0.29) is 17.1 Å². The van der Waals surface area contributed by atoms with Crippen LogP contribution in [0.25, 0.3) is 16.9 Å². The molecule has 0 spiro atoms. The number of rotatable bonds is 1. The van der Waals surface area contributed by atoms with E-state index in [2.05, 4.69) is 4.98 Å². The Bertz CT molecular complexity index is 801. The van der Waals surface area contributed by atoms with E-state index in [1.54, 1.807) is 16.5 Å². The topological polar surface area (TPSA) is 43.3 Å². The molecule has 0 bridgehead atoms. The summed E-state index contributed by atoms with van der Waals surface area (Å²) in [5.74, 6) is -3.79. The van der Waals surface area contributed by atoms with Gasteiger partial charge in [0, 0.05) is 11.3 Å². The normalized spacial score (nSPS) is 11.2. The summed E-state index contributed by atoms with van der Waals surface area (Å²) >= 11 is 0. The quantitative estimate of drug-likeness (QED) is 0.693. The van der Waals surface area contributed by atoms with Gasteiger partial charge in [-0.25, -0.2) is 18.2 Å². The molecule has 2 heterocycles. The summed E-state index contributed by atoms with van der Waals surface area (Å²) in [5.41, 5.74) is 7.68. The maximum atomic E-state index is 13.3. The molecule has 6 heteroatoms. The van der Waals surface area contributed by atoms with Crippen molar-refractivity contribution in [2.24, 2.45) is 0 Å². The summed E-state index contributed by atoms with van der Waals surface area (Å²) in [5, 5.41) is 0. The van der Waals surface area contributed by atoms with Crippen LogP contribution in [-0.4, -0.2) is 9.38 Å². The maximum Gasteiger partial charge on any atom is 0.194 e. The number of halogens is 3. The Kier molecular flexibility index (Phi) is 2.67. The third-order valence-corrected chi connectivity index (χ3v) is 3.13. The standard InChI is InChI=1S/C14H10F3N3/c1-7-3-2-4-11-19-13(14(18)20(7)11)8-5-9(15)12(17)10(16)6-8/h2-6H,18H2,1H3. The molecule has 102 valence electrons. The molecular formula is C14H10F3N3. The number of fused-ring (bicyclic) bond motifs is 1. The highest BCUT2D eigenvalue weighted by Crippen LogP contribution is 2.29. The lowest BCUT2D eigenvalue weighted by atomic mass is 10.1. The Balaban J connectivity index is 2.30. The predicted octanol–water partition coefficient (Wildman–Crippen LogP) is 3.31. The molecule has 2 N–H and O–H groups in total. The third-order valence-electron chi connectivity index (χ3n) is 3.13. The highest BCUT2D eigenvalue weighted by molar-refractivity contribution is 5.75. The van der Waals surface area contributed by atoms with Gasteiger partial charge in [-0.2, -0.15) is 0 Å². The Morgan fingerprint density at radius 1 is 1.10 bits per heavy atom. The minimum atomic E-state index is -1.51. The molecule has 0 saturated heterocycles. The van der Waals surface area contributed by atoms with E-state index in [4.69, 9.17) is 5.73 Å². The van der Waals surface area contributed by atoms with Gasteiger partial charge in [0.05, 0.1) is 0 Å². The third kappa shape index (κ3) is 1.72. The second-order valence-corrected chi connectivity index (χ2v) is 4.46. The van der Waals surface area contributed by atoms with Gasteiger partial charge in [-0.1, -0.05) is 6.07 Å². The van der Waals surface area contributed by atoms with Crippen molar-refractivity contribution in [1.82, 2.24) is 9.38 Å². The Morgan fingerprint density at radius 3 is 2.35 bits per heavy atom. The van der Waals surface area contributed by atoms with Crippen LogP contribution in [0.15, 0.2) is 30.3 Å². The summed E-state index contributed by atoms with van der Waals surface area (Å²) in [4.78, 5) is 4.24. The molecular weight excluding hydrogens is 267 g/mol. The van der Waals surface area contributed by atoms with Crippen LogP contribution in [-0.2, 0) is 0 Å². The molecule has 0 aliphatic rings. The van der Waals surface area contributed by atoms with E-state index >= 15 is 0 Å². The molecule has 0 fully saturated rings. The highest BCUT2D eigenvalue weighted by Gasteiger charge is 2.17. The minimum Gasteiger partial charge on any atom is -0.383 e. The lowest BCUT2D eigenvalue weighted by molar-refractivity contribution is 0.447. The number of nitrogen functional groups attached to an aromatic ring is 1. The molecule has 0 radical (unpaired) electrons. The molecule has 0 atom stereocenters. The Hall–Kier alpha value is -2.50. The first-order chi connectivity index (χ1) is 9.49. The fourth-order valence-electron chi connectivity index (χ4n) is 2.19. The van der Waals surface area contributed by atoms with Gasteiger partial charge in [0.15, 0.2) is 17.5 Å². The van der Waals surface area contributed by atoms with Crippen LogP contribution in [0.2, 0.25) is 0 Å². The number of benzene rings is 1. The first kappa shape index (κ1) is 12.5. The second-order valence-electron chi connectivity index (χ2n) is 4.46. The molecule has 0 unspecified atom stereocenters. The molecule has 3 rings (SSSR count). The van der Waals surface area contributed by atoms with E-state index in [0.29, 0.717) is 5.65 Å². The number of imidazole rings is 1. The molecule has 2 aromatic heterocycles. The molecule has 20 heavy (non-hydrogen) atoms. The summed E-state index contributed by atoms with van der Waals surface area (Å²) in [7, 11) is 0. The van der Waals surface area contributed by atoms with Crippen LogP contribution >= 0.6 is 0 Å². The van der Waals surface area contributed by atoms with Gasteiger partial charge in [-0.05, 0) is 31.2 Å². The highest BCUT2D eigenvalue weighted by atomic mass is 19.2. The number of hydrogen-bond donors (Lipinski definition) is 1. The van der Waals surface area contributed by atoms with E-state index in [9.17, 15) is 13.2 Å². The van der Waals surface area contributed by atoms with Crippen molar-refractivity contribution in [1.29, 1.82) is 0 Å². The lowest BCUT2D eigenvalue weighted by Crippen LogP contribution is -1.98. The fourth-order valence-corrected chi connectivity index (χ4v) is 2.19. The fraction of sp³-hybridized carbons (Fsp3) is 0.0714. The van der Waals surface area contributed by atoms with Gasteiger partial charge in [0.2, 0.25) is 0 Å². The van der Waals surface area contributed by atoms with E-state index < -0.39 is 17.5 Å². The van der Waals surface area contributed by atoms with E-state index in [0.717, 1.165) is 17.8 Å². The predicted molar refractivity (Wildman–Crippen MR) is 69.7 cm³/mol. The number of aromatic nitrogens is 2. The van der Waals surface area contributed by atoms with Crippen molar-refractivity contribution in [3.05, 3.63) is 53.5 Å². The van der Waals surface area contributed by atoms with Gasteiger partial charge in [0.25, 0.3) is 0 Å². The zero-order chi connectivity index (χ0) is 14.4. The van der Waals surface area contributed by atoms with Crippen LogP contribution in [0.3, 0.4) is 0 Å². The second kappa shape index (κ2) is 4.26. The van der Waals surface area contributed by atoms with Crippen molar-refractivity contribution in [3.63, 3.8) is 0 Å². The molecule has 0 saturated carbocycles. The largest absolute Gasteiger partial charge is 0.383 e. The zero-order valence-corrected chi connectivity index (χ0v) is 10.5. The molecule has 3 aromatic rings. The van der Waals surface area contributed by atoms with Gasteiger partial charge in [0.1, 0.15) is 17.2 Å². The van der Waals surface area contributed by atoms with Gasteiger partial charge < -0.3 is 5.73 Å². The average molecular weight is 277 g/mol. The van der Waals surface area contributed by atoms with E-state index in [1.807, 2.05) is 13.0 Å². The lowest BCUT2D eigenvalue weighted by Gasteiger charge is -2.03. The number of pyridine rings is 1. The molecule has 0 amide bonds.